The third-order valence-corrected chi connectivity index (χ3v) is 2.23. The lowest BCUT2D eigenvalue weighted by atomic mass is 10.0. The molecule has 0 atom stereocenters. The number of hydrogen-bond acceptors (Lipinski definition) is 5. The molecule has 0 fully saturated rings. The third kappa shape index (κ3) is 3.44. The molecule has 0 bridgehead atoms. The van der Waals surface area contributed by atoms with Gasteiger partial charge in [0.05, 0.1) is 12.7 Å². The second-order valence-corrected chi connectivity index (χ2v) is 3.36. The van der Waals surface area contributed by atoms with E-state index in [4.69, 9.17) is 10.5 Å². The van der Waals surface area contributed by atoms with Gasteiger partial charge in [-0.05, 0) is 6.42 Å². The summed E-state index contributed by atoms with van der Waals surface area (Å²) >= 11 is 0. The van der Waals surface area contributed by atoms with E-state index >= 15 is 0 Å². The molecule has 0 radical (unpaired) electrons. The van der Waals surface area contributed by atoms with Crippen LogP contribution in [0, 0.1) is 0 Å². The minimum atomic E-state index is -0.568. The molecule has 0 spiro atoms. The lowest BCUT2D eigenvalue weighted by Crippen LogP contribution is -2.15. The molecule has 6 nitrogen and oxygen atoms in total. The van der Waals surface area contributed by atoms with Gasteiger partial charge < -0.3 is 15.2 Å². The van der Waals surface area contributed by atoms with Gasteiger partial charge in [0.25, 0.3) is 6.02 Å². The number of ether oxygens (including phenoxy) is 2. The molecule has 1 heterocycles. The van der Waals surface area contributed by atoms with E-state index in [0.29, 0.717) is 19.1 Å². The standard InChI is InChI=1S/C11H14N2O4/c1-3-7-4-8(6-14)10(13-11(12)16-2)17-9(15)5-7/h5-6H,3-4H2,1-2H3,(H2,12,13). The molecule has 0 aromatic rings. The number of aliphatic imine (C=N–C) groups is 1. The Hall–Kier alpha value is -2.11. The number of carbonyl (C=O) groups excluding carboxylic acids is 2. The Morgan fingerprint density at radius 3 is 2.94 bits per heavy atom. The topological polar surface area (TPSA) is 91.0 Å². The lowest BCUT2D eigenvalue weighted by molar-refractivity contribution is -0.133. The van der Waals surface area contributed by atoms with Crippen molar-refractivity contribution in [3.63, 3.8) is 0 Å². The Labute approximate surface area is 98.8 Å². The van der Waals surface area contributed by atoms with Crippen molar-refractivity contribution in [2.45, 2.75) is 19.8 Å². The van der Waals surface area contributed by atoms with Crippen LogP contribution in [-0.4, -0.2) is 25.4 Å². The van der Waals surface area contributed by atoms with Gasteiger partial charge in [-0.2, -0.15) is 4.99 Å². The average Bonchev–Trinajstić information content (AvgIpc) is 2.47. The molecule has 6 heteroatoms. The average molecular weight is 238 g/mol. The van der Waals surface area contributed by atoms with Crippen molar-refractivity contribution < 1.29 is 19.1 Å². The molecule has 0 saturated heterocycles. The highest BCUT2D eigenvalue weighted by Gasteiger charge is 2.18. The van der Waals surface area contributed by atoms with Crippen LogP contribution in [0.3, 0.4) is 0 Å². The molecule has 0 aromatic carbocycles. The maximum atomic E-state index is 11.4. The first-order chi connectivity index (χ1) is 8.10. The number of carbonyl (C=O) groups is 2. The van der Waals surface area contributed by atoms with E-state index < -0.39 is 5.97 Å². The van der Waals surface area contributed by atoms with Crippen LogP contribution in [0.25, 0.3) is 0 Å². The second-order valence-electron chi connectivity index (χ2n) is 3.36. The van der Waals surface area contributed by atoms with Gasteiger partial charge in [0.2, 0.25) is 5.88 Å². The molecule has 1 aliphatic rings. The van der Waals surface area contributed by atoms with Crippen molar-refractivity contribution in [1.82, 2.24) is 0 Å². The zero-order valence-electron chi connectivity index (χ0n) is 9.73. The fourth-order valence-corrected chi connectivity index (χ4v) is 1.29. The Bertz CT molecular complexity index is 421. The van der Waals surface area contributed by atoms with Crippen LogP contribution in [0.2, 0.25) is 0 Å². The Morgan fingerprint density at radius 1 is 1.71 bits per heavy atom. The van der Waals surface area contributed by atoms with Gasteiger partial charge in [0, 0.05) is 12.5 Å². The minimum Gasteiger partial charge on any atom is -0.468 e. The molecule has 2 N–H and O–H groups in total. The van der Waals surface area contributed by atoms with E-state index in [1.54, 1.807) is 0 Å². The van der Waals surface area contributed by atoms with Gasteiger partial charge in [-0.3, -0.25) is 4.79 Å². The molecule has 17 heavy (non-hydrogen) atoms. The molecule has 0 aromatic heterocycles. The maximum absolute atomic E-state index is 11.4. The molecule has 0 unspecified atom stereocenters. The summed E-state index contributed by atoms with van der Waals surface area (Å²) in [5.74, 6) is -0.676. The number of cyclic esters (lactones) is 1. The predicted octanol–water partition coefficient (Wildman–Crippen LogP) is 0.641. The highest BCUT2D eigenvalue weighted by Crippen LogP contribution is 2.22. The quantitative estimate of drug-likeness (QED) is 0.337. The monoisotopic (exact) mass is 238 g/mol. The summed E-state index contributed by atoms with van der Waals surface area (Å²) in [6, 6.07) is -0.174. The molecular formula is C11H14N2O4. The van der Waals surface area contributed by atoms with Crippen molar-refractivity contribution in [3.05, 3.63) is 23.1 Å². The number of aldehydes is 1. The van der Waals surface area contributed by atoms with Crippen molar-refractivity contribution in [2.24, 2.45) is 10.7 Å². The van der Waals surface area contributed by atoms with Crippen LogP contribution < -0.4 is 5.73 Å². The predicted molar refractivity (Wildman–Crippen MR) is 60.8 cm³/mol. The number of esters is 1. The number of amidine groups is 1. The van der Waals surface area contributed by atoms with E-state index in [1.807, 2.05) is 6.92 Å². The number of methoxy groups -OCH3 is 1. The molecule has 1 rings (SSSR count). The number of nitrogens with zero attached hydrogens (tertiary/aromatic N) is 1. The second kappa shape index (κ2) is 5.83. The van der Waals surface area contributed by atoms with Crippen molar-refractivity contribution in [2.75, 3.05) is 7.11 Å². The zero-order chi connectivity index (χ0) is 12.8. The van der Waals surface area contributed by atoms with E-state index in [0.717, 1.165) is 5.57 Å². The van der Waals surface area contributed by atoms with Gasteiger partial charge in [-0.15, -0.1) is 0 Å². The summed E-state index contributed by atoms with van der Waals surface area (Å²) in [5, 5.41) is 0. The molecule has 92 valence electrons. The first kappa shape index (κ1) is 13.0. The molecule has 0 aliphatic carbocycles. The number of nitrogens with two attached hydrogens (primary N) is 1. The van der Waals surface area contributed by atoms with Gasteiger partial charge in [0.1, 0.15) is 0 Å². The van der Waals surface area contributed by atoms with Crippen LogP contribution in [0.5, 0.6) is 0 Å². The maximum Gasteiger partial charge on any atom is 0.337 e. The van der Waals surface area contributed by atoms with Gasteiger partial charge in [0.15, 0.2) is 6.29 Å². The fourth-order valence-electron chi connectivity index (χ4n) is 1.29. The van der Waals surface area contributed by atoms with E-state index in [2.05, 4.69) is 9.73 Å². The largest absolute Gasteiger partial charge is 0.468 e. The highest BCUT2D eigenvalue weighted by molar-refractivity contribution is 5.87. The number of rotatable bonds is 3. The molecule has 0 amide bonds. The van der Waals surface area contributed by atoms with Crippen LogP contribution >= 0.6 is 0 Å². The smallest absolute Gasteiger partial charge is 0.337 e. The van der Waals surface area contributed by atoms with Crippen molar-refractivity contribution in [3.8, 4) is 0 Å². The Morgan fingerprint density at radius 2 is 2.41 bits per heavy atom. The molecule has 1 aliphatic heterocycles. The lowest BCUT2D eigenvalue weighted by Gasteiger charge is -2.04. The molecule has 0 saturated carbocycles. The third-order valence-electron chi connectivity index (χ3n) is 2.23. The van der Waals surface area contributed by atoms with Crippen LogP contribution in [0.1, 0.15) is 19.8 Å². The van der Waals surface area contributed by atoms with Crippen LogP contribution in [0.4, 0.5) is 0 Å². The minimum absolute atomic E-state index is 0.107. The summed E-state index contributed by atoms with van der Waals surface area (Å²) in [7, 11) is 1.33. The highest BCUT2D eigenvalue weighted by atomic mass is 16.6. The summed E-state index contributed by atoms with van der Waals surface area (Å²) < 4.78 is 9.55. The van der Waals surface area contributed by atoms with E-state index in [9.17, 15) is 9.59 Å². The normalized spacial score (nSPS) is 17.2. The zero-order valence-corrected chi connectivity index (χ0v) is 9.73. The van der Waals surface area contributed by atoms with E-state index in [-0.39, 0.29) is 17.5 Å². The van der Waals surface area contributed by atoms with Crippen LogP contribution in [0.15, 0.2) is 28.1 Å². The number of hydrogen-bond donors (Lipinski definition) is 1. The first-order valence-corrected chi connectivity index (χ1v) is 5.08. The Balaban J connectivity index is 3.12. The summed E-state index contributed by atoms with van der Waals surface area (Å²) in [5.41, 5.74) is 6.43. The Kier molecular flexibility index (Phi) is 4.45. The van der Waals surface area contributed by atoms with Gasteiger partial charge in [-0.1, -0.05) is 12.5 Å². The summed E-state index contributed by atoms with van der Waals surface area (Å²) in [4.78, 5) is 26.1. The van der Waals surface area contributed by atoms with E-state index in [1.165, 1.54) is 13.2 Å². The van der Waals surface area contributed by atoms with Crippen LogP contribution in [-0.2, 0) is 19.1 Å². The van der Waals surface area contributed by atoms with Gasteiger partial charge in [-0.25, -0.2) is 4.79 Å². The molecular weight excluding hydrogens is 224 g/mol. The SMILES string of the molecule is CCC1=CC(=O)OC(/N=C(\N)OC)=C(C=O)C1. The fraction of sp³-hybridized carbons (Fsp3) is 0.364. The summed E-state index contributed by atoms with van der Waals surface area (Å²) in [6.45, 7) is 1.89. The first-order valence-electron chi connectivity index (χ1n) is 5.08. The summed E-state index contributed by atoms with van der Waals surface area (Å²) in [6.07, 6.45) is 2.93. The number of allylic oxidation sites excluding steroid dienone is 2. The van der Waals surface area contributed by atoms with Gasteiger partial charge >= 0.3 is 5.97 Å². The van der Waals surface area contributed by atoms with Crippen molar-refractivity contribution >= 4 is 18.3 Å². The van der Waals surface area contributed by atoms with Crippen molar-refractivity contribution in [1.29, 1.82) is 0 Å².